The molecule has 5 nitrogen and oxygen atoms in total. The van der Waals surface area contributed by atoms with Crippen LogP contribution in [0.15, 0.2) is 5.16 Å². The molecule has 0 aromatic carbocycles. The number of hydrogen-bond donors (Lipinski definition) is 3. The first kappa shape index (κ1) is 10.3. The Morgan fingerprint density at radius 2 is 2.23 bits per heavy atom. The highest BCUT2D eigenvalue weighted by Gasteiger charge is 2.31. The number of aliphatic hydroxyl groups is 1. The van der Waals surface area contributed by atoms with Gasteiger partial charge in [-0.3, -0.25) is 4.90 Å². The minimum Gasteiger partial charge on any atom is -0.409 e. The maximum atomic E-state index is 9.49. The SMILES string of the molecule is CC1CN(C(C)/C(N)=N/O)CC1O. The van der Waals surface area contributed by atoms with Crippen molar-refractivity contribution in [3.05, 3.63) is 0 Å². The predicted molar refractivity (Wildman–Crippen MR) is 49.6 cm³/mol. The fraction of sp³-hybridized carbons (Fsp3) is 0.875. The zero-order valence-electron chi connectivity index (χ0n) is 8.01. The van der Waals surface area contributed by atoms with Crippen molar-refractivity contribution in [2.45, 2.75) is 26.0 Å². The van der Waals surface area contributed by atoms with Gasteiger partial charge in [-0.15, -0.1) is 0 Å². The van der Waals surface area contributed by atoms with Gasteiger partial charge in [-0.1, -0.05) is 12.1 Å². The van der Waals surface area contributed by atoms with Gasteiger partial charge in [0.2, 0.25) is 0 Å². The third-order valence-corrected chi connectivity index (χ3v) is 2.69. The van der Waals surface area contributed by atoms with Crippen LogP contribution in [-0.4, -0.2) is 46.3 Å². The van der Waals surface area contributed by atoms with Crippen molar-refractivity contribution >= 4 is 5.84 Å². The minimum atomic E-state index is -0.297. The second kappa shape index (κ2) is 3.93. The molecule has 3 atom stereocenters. The summed E-state index contributed by atoms with van der Waals surface area (Å²) in [6.07, 6.45) is -0.297. The van der Waals surface area contributed by atoms with Gasteiger partial charge in [0, 0.05) is 13.1 Å². The Bertz CT molecular complexity index is 198. The van der Waals surface area contributed by atoms with Crippen molar-refractivity contribution in [1.29, 1.82) is 0 Å². The van der Waals surface area contributed by atoms with Crippen molar-refractivity contribution in [2.24, 2.45) is 16.8 Å². The van der Waals surface area contributed by atoms with Crippen LogP contribution in [0.1, 0.15) is 13.8 Å². The fourth-order valence-corrected chi connectivity index (χ4v) is 1.57. The lowest BCUT2D eigenvalue weighted by molar-refractivity contribution is 0.146. The topological polar surface area (TPSA) is 82.1 Å². The third kappa shape index (κ3) is 2.10. The van der Waals surface area contributed by atoms with E-state index in [0.717, 1.165) is 6.54 Å². The Kier molecular flexibility index (Phi) is 3.11. The molecule has 1 aliphatic rings. The molecule has 0 aliphatic carbocycles. The first-order valence-corrected chi connectivity index (χ1v) is 4.45. The van der Waals surface area contributed by atoms with E-state index >= 15 is 0 Å². The molecule has 1 rings (SSSR count). The molecular weight excluding hydrogens is 170 g/mol. The first-order chi connectivity index (χ1) is 6.06. The van der Waals surface area contributed by atoms with E-state index in [1.54, 1.807) is 0 Å². The molecule has 0 saturated carbocycles. The van der Waals surface area contributed by atoms with E-state index in [4.69, 9.17) is 10.9 Å². The molecule has 0 spiro atoms. The second-order valence-corrected chi connectivity index (χ2v) is 3.70. The minimum absolute atomic E-state index is 0.107. The lowest BCUT2D eigenvalue weighted by Crippen LogP contribution is -2.41. The molecule has 5 heteroatoms. The number of aliphatic hydroxyl groups excluding tert-OH is 1. The summed E-state index contributed by atoms with van der Waals surface area (Å²) < 4.78 is 0. The van der Waals surface area contributed by atoms with Gasteiger partial charge in [-0.2, -0.15) is 0 Å². The van der Waals surface area contributed by atoms with Gasteiger partial charge in [0.15, 0.2) is 5.84 Å². The zero-order chi connectivity index (χ0) is 10.0. The third-order valence-electron chi connectivity index (χ3n) is 2.69. The van der Waals surface area contributed by atoms with Gasteiger partial charge in [-0.05, 0) is 12.8 Å². The Morgan fingerprint density at radius 1 is 1.62 bits per heavy atom. The van der Waals surface area contributed by atoms with Crippen LogP contribution >= 0.6 is 0 Å². The monoisotopic (exact) mass is 187 g/mol. The summed E-state index contributed by atoms with van der Waals surface area (Å²) in [5, 5.41) is 20.9. The Balaban J connectivity index is 2.55. The van der Waals surface area contributed by atoms with Crippen LogP contribution in [0.5, 0.6) is 0 Å². The van der Waals surface area contributed by atoms with E-state index in [9.17, 15) is 5.11 Å². The maximum absolute atomic E-state index is 9.49. The van der Waals surface area contributed by atoms with E-state index in [-0.39, 0.29) is 23.9 Å². The maximum Gasteiger partial charge on any atom is 0.156 e. The highest BCUT2D eigenvalue weighted by Crippen LogP contribution is 2.18. The van der Waals surface area contributed by atoms with Crippen LogP contribution in [0.4, 0.5) is 0 Å². The van der Waals surface area contributed by atoms with Crippen LogP contribution in [0.2, 0.25) is 0 Å². The van der Waals surface area contributed by atoms with Crippen molar-refractivity contribution < 1.29 is 10.3 Å². The van der Waals surface area contributed by atoms with Gasteiger partial charge in [0.25, 0.3) is 0 Å². The molecule has 1 heterocycles. The summed E-state index contributed by atoms with van der Waals surface area (Å²) in [4.78, 5) is 2.00. The molecule has 0 aromatic heterocycles. The summed E-state index contributed by atoms with van der Waals surface area (Å²) in [5.41, 5.74) is 5.46. The number of hydrogen-bond acceptors (Lipinski definition) is 4. The molecule has 1 fully saturated rings. The molecule has 76 valence electrons. The van der Waals surface area contributed by atoms with Gasteiger partial charge < -0.3 is 16.0 Å². The van der Waals surface area contributed by atoms with Crippen molar-refractivity contribution in [2.75, 3.05) is 13.1 Å². The van der Waals surface area contributed by atoms with E-state index in [1.807, 2.05) is 18.7 Å². The highest BCUT2D eigenvalue weighted by molar-refractivity contribution is 5.84. The van der Waals surface area contributed by atoms with Crippen LogP contribution in [-0.2, 0) is 0 Å². The molecule has 1 saturated heterocycles. The molecule has 13 heavy (non-hydrogen) atoms. The van der Waals surface area contributed by atoms with Gasteiger partial charge >= 0.3 is 0 Å². The molecule has 3 unspecified atom stereocenters. The first-order valence-electron chi connectivity index (χ1n) is 4.45. The van der Waals surface area contributed by atoms with Gasteiger partial charge in [0.05, 0.1) is 12.1 Å². The lowest BCUT2D eigenvalue weighted by Gasteiger charge is -2.22. The number of rotatable bonds is 2. The molecule has 0 bridgehead atoms. The number of likely N-dealkylation sites (tertiary alicyclic amines) is 1. The smallest absolute Gasteiger partial charge is 0.156 e. The number of nitrogens with zero attached hydrogens (tertiary/aromatic N) is 2. The predicted octanol–water partition coefficient (Wildman–Crippen LogP) is -0.566. The van der Waals surface area contributed by atoms with Gasteiger partial charge in [0.1, 0.15) is 0 Å². The van der Waals surface area contributed by atoms with E-state index in [0.29, 0.717) is 6.54 Å². The quantitative estimate of drug-likeness (QED) is 0.234. The summed E-state index contributed by atoms with van der Waals surface area (Å²) in [6, 6.07) is -0.107. The molecule has 0 amide bonds. The summed E-state index contributed by atoms with van der Waals surface area (Å²) >= 11 is 0. The molecule has 0 aromatic rings. The number of amidine groups is 1. The Morgan fingerprint density at radius 3 is 2.62 bits per heavy atom. The van der Waals surface area contributed by atoms with Crippen molar-refractivity contribution in [3.63, 3.8) is 0 Å². The van der Waals surface area contributed by atoms with E-state index in [2.05, 4.69) is 5.16 Å². The molecule has 4 N–H and O–H groups in total. The van der Waals surface area contributed by atoms with E-state index in [1.165, 1.54) is 0 Å². The Hall–Kier alpha value is -0.810. The second-order valence-electron chi connectivity index (χ2n) is 3.70. The number of oxime groups is 1. The largest absolute Gasteiger partial charge is 0.409 e. The summed E-state index contributed by atoms with van der Waals surface area (Å²) in [6.45, 7) is 5.24. The fourth-order valence-electron chi connectivity index (χ4n) is 1.57. The summed E-state index contributed by atoms with van der Waals surface area (Å²) in [5.74, 6) is 0.454. The standard InChI is InChI=1S/C8H17N3O2/c1-5-3-11(4-7(5)12)6(2)8(9)10-13/h5-7,12-13H,3-4H2,1-2H3,(H2,9,10). The number of β-amino-alcohol motifs (C(OH)–C–C–N with tert-alkyl or cyclic N) is 1. The molecule has 1 aliphatic heterocycles. The zero-order valence-corrected chi connectivity index (χ0v) is 8.01. The summed E-state index contributed by atoms with van der Waals surface area (Å²) in [7, 11) is 0. The van der Waals surface area contributed by atoms with Crippen molar-refractivity contribution in [3.8, 4) is 0 Å². The normalized spacial score (nSPS) is 33.6. The van der Waals surface area contributed by atoms with Crippen molar-refractivity contribution in [1.82, 2.24) is 4.90 Å². The van der Waals surface area contributed by atoms with Crippen LogP contribution in [0.25, 0.3) is 0 Å². The average molecular weight is 187 g/mol. The van der Waals surface area contributed by atoms with Gasteiger partial charge in [-0.25, -0.2) is 0 Å². The molecular formula is C8H17N3O2. The van der Waals surface area contributed by atoms with E-state index < -0.39 is 0 Å². The number of nitrogens with two attached hydrogens (primary N) is 1. The van der Waals surface area contributed by atoms with Crippen LogP contribution in [0.3, 0.4) is 0 Å². The lowest BCUT2D eigenvalue weighted by atomic mass is 10.1. The highest BCUT2D eigenvalue weighted by atomic mass is 16.4. The molecule has 0 radical (unpaired) electrons. The van der Waals surface area contributed by atoms with Crippen LogP contribution < -0.4 is 5.73 Å². The average Bonchev–Trinajstić information content (AvgIpc) is 2.44. The Labute approximate surface area is 77.8 Å². The van der Waals surface area contributed by atoms with Crippen LogP contribution in [0, 0.1) is 5.92 Å².